The van der Waals surface area contributed by atoms with Crippen LogP contribution in [0.15, 0.2) is 24.3 Å². The fraction of sp³-hybridized carbons (Fsp3) is 0.611. The predicted molar refractivity (Wildman–Crippen MR) is 86.7 cm³/mol. The van der Waals surface area contributed by atoms with Gasteiger partial charge in [0, 0.05) is 5.54 Å². The zero-order chi connectivity index (χ0) is 17.1. The summed E-state index contributed by atoms with van der Waals surface area (Å²) in [6.45, 7) is 5.62. The van der Waals surface area contributed by atoms with Crippen LogP contribution in [-0.2, 0) is 11.2 Å². The topological polar surface area (TPSA) is 58.6 Å². The van der Waals surface area contributed by atoms with Crippen LogP contribution in [0, 0.1) is 5.82 Å². The highest BCUT2D eigenvalue weighted by molar-refractivity contribution is 5.68. The maximum Gasteiger partial charge on any atom is 0.408 e. The number of aliphatic hydroxyl groups is 1. The quantitative estimate of drug-likeness (QED) is 0.890. The number of hydrogen-bond acceptors (Lipinski definition) is 3. The van der Waals surface area contributed by atoms with Gasteiger partial charge in [-0.05, 0) is 70.6 Å². The highest BCUT2D eigenvalue weighted by Crippen LogP contribution is 2.37. The first kappa shape index (κ1) is 17.7. The van der Waals surface area contributed by atoms with E-state index >= 15 is 0 Å². The Morgan fingerprint density at radius 2 is 2.22 bits per heavy atom. The molecule has 0 unspecified atom stereocenters. The molecule has 1 amide bonds. The molecule has 1 aliphatic rings. The van der Waals surface area contributed by atoms with Crippen molar-refractivity contribution in [2.75, 3.05) is 0 Å². The molecule has 1 fully saturated rings. The summed E-state index contributed by atoms with van der Waals surface area (Å²) in [5.41, 5.74) is -0.449. The first-order valence-electron chi connectivity index (χ1n) is 8.14. The van der Waals surface area contributed by atoms with Crippen LogP contribution in [0.4, 0.5) is 9.18 Å². The second kappa shape index (κ2) is 6.87. The van der Waals surface area contributed by atoms with E-state index in [4.69, 9.17) is 4.74 Å². The number of amides is 1. The van der Waals surface area contributed by atoms with Gasteiger partial charge >= 0.3 is 6.09 Å². The summed E-state index contributed by atoms with van der Waals surface area (Å²) in [6, 6.07) is 6.38. The highest BCUT2D eigenvalue weighted by Gasteiger charge is 2.45. The molecule has 0 aromatic heterocycles. The molecular weight excluding hydrogens is 297 g/mol. The molecule has 0 saturated heterocycles. The van der Waals surface area contributed by atoms with Crippen LogP contribution < -0.4 is 5.32 Å². The lowest BCUT2D eigenvalue weighted by atomic mass is 9.91. The molecular formula is C18H26FNO3. The van der Waals surface area contributed by atoms with E-state index in [0.29, 0.717) is 25.7 Å². The van der Waals surface area contributed by atoms with Gasteiger partial charge in [0.15, 0.2) is 0 Å². The average Bonchev–Trinajstić information content (AvgIpc) is 2.76. The normalized spacial score (nSPS) is 24.5. The van der Waals surface area contributed by atoms with Crippen molar-refractivity contribution in [3.05, 3.63) is 35.6 Å². The second-order valence-electron chi connectivity index (χ2n) is 7.37. The fourth-order valence-corrected chi connectivity index (χ4v) is 3.05. The lowest BCUT2D eigenvalue weighted by Gasteiger charge is -2.34. The Morgan fingerprint density at radius 1 is 1.48 bits per heavy atom. The Hall–Kier alpha value is -1.62. The molecule has 0 spiro atoms. The minimum atomic E-state index is -0.887. The molecule has 1 aromatic carbocycles. The number of carbonyl (C=O) groups is 1. The van der Waals surface area contributed by atoms with Crippen molar-refractivity contribution in [2.24, 2.45) is 0 Å². The van der Waals surface area contributed by atoms with Gasteiger partial charge < -0.3 is 15.2 Å². The third-order valence-corrected chi connectivity index (χ3v) is 4.18. The molecule has 1 aliphatic carbocycles. The second-order valence-corrected chi connectivity index (χ2v) is 7.37. The number of benzene rings is 1. The fourth-order valence-electron chi connectivity index (χ4n) is 3.05. The molecule has 1 saturated carbocycles. The van der Waals surface area contributed by atoms with E-state index in [2.05, 4.69) is 5.32 Å². The number of aryl methyl sites for hydroxylation is 1. The minimum Gasteiger partial charge on any atom is -0.440 e. The van der Waals surface area contributed by atoms with Crippen LogP contribution in [0.5, 0.6) is 0 Å². The van der Waals surface area contributed by atoms with Gasteiger partial charge in [-0.2, -0.15) is 0 Å². The molecule has 0 heterocycles. The van der Waals surface area contributed by atoms with Crippen molar-refractivity contribution < 1.29 is 19.0 Å². The molecule has 0 radical (unpaired) electrons. The number of alkyl carbamates (subject to hydrolysis) is 1. The zero-order valence-corrected chi connectivity index (χ0v) is 14.1. The summed E-state index contributed by atoms with van der Waals surface area (Å²) in [5, 5.41) is 13.1. The summed E-state index contributed by atoms with van der Waals surface area (Å²) in [4.78, 5) is 12.1. The Balaban J connectivity index is 2.06. The SMILES string of the molecule is CC(C)(C)NC(=O)O[C@]1(CCc2cccc(F)c2)CCC[C@@H]1O. The van der Waals surface area contributed by atoms with Crippen LogP contribution >= 0.6 is 0 Å². The average molecular weight is 323 g/mol. The van der Waals surface area contributed by atoms with Crippen LogP contribution in [0.25, 0.3) is 0 Å². The van der Waals surface area contributed by atoms with Gasteiger partial charge in [-0.15, -0.1) is 0 Å². The van der Waals surface area contributed by atoms with Gasteiger partial charge in [0.2, 0.25) is 0 Å². The van der Waals surface area contributed by atoms with Crippen molar-refractivity contribution in [3.63, 3.8) is 0 Å². The Labute approximate surface area is 137 Å². The lowest BCUT2D eigenvalue weighted by Crippen LogP contribution is -2.49. The maximum absolute atomic E-state index is 13.3. The van der Waals surface area contributed by atoms with Gasteiger partial charge in [0.05, 0.1) is 6.10 Å². The van der Waals surface area contributed by atoms with Crippen LogP contribution in [0.1, 0.15) is 52.0 Å². The smallest absolute Gasteiger partial charge is 0.408 e. The van der Waals surface area contributed by atoms with Crippen molar-refractivity contribution in [1.82, 2.24) is 5.32 Å². The van der Waals surface area contributed by atoms with Gasteiger partial charge in [0.25, 0.3) is 0 Å². The molecule has 2 N–H and O–H groups in total. The number of halogens is 1. The Bertz CT molecular complexity index is 555. The van der Waals surface area contributed by atoms with Crippen LogP contribution in [-0.4, -0.2) is 28.4 Å². The summed E-state index contributed by atoms with van der Waals surface area (Å²) in [7, 11) is 0. The number of hydrogen-bond donors (Lipinski definition) is 2. The van der Waals surface area contributed by atoms with Crippen molar-refractivity contribution in [3.8, 4) is 0 Å². The summed E-state index contributed by atoms with van der Waals surface area (Å²) in [6.07, 6.45) is 1.90. The van der Waals surface area contributed by atoms with E-state index in [1.54, 1.807) is 6.07 Å². The standard InChI is InChI=1S/C18H26FNO3/c1-17(2,3)20-16(22)23-18(10-5-8-15(18)21)11-9-13-6-4-7-14(19)12-13/h4,6-7,12,15,21H,5,8-11H2,1-3H3,(H,20,22)/t15-,18-/m0/s1. The summed E-state index contributed by atoms with van der Waals surface area (Å²) >= 11 is 0. The van der Waals surface area contributed by atoms with Crippen molar-refractivity contribution >= 4 is 6.09 Å². The highest BCUT2D eigenvalue weighted by atomic mass is 19.1. The van der Waals surface area contributed by atoms with E-state index < -0.39 is 23.3 Å². The minimum absolute atomic E-state index is 0.282. The van der Waals surface area contributed by atoms with Gasteiger partial charge in [0.1, 0.15) is 11.4 Å². The van der Waals surface area contributed by atoms with E-state index in [0.717, 1.165) is 12.0 Å². The largest absolute Gasteiger partial charge is 0.440 e. The maximum atomic E-state index is 13.3. The van der Waals surface area contributed by atoms with Gasteiger partial charge in [-0.1, -0.05) is 12.1 Å². The molecule has 0 bridgehead atoms. The van der Waals surface area contributed by atoms with Crippen LogP contribution in [0.2, 0.25) is 0 Å². The van der Waals surface area contributed by atoms with Crippen LogP contribution in [0.3, 0.4) is 0 Å². The number of carbonyl (C=O) groups excluding carboxylic acids is 1. The van der Waals surface area contributed by atoms with E-state index in [-0.39, 0.29) is 5.82 Å². The van der Waals surface area contributed by atoms with Gasteiger partial charge in [-0.25, -0.2) is 9.18 Å². The monoisotopic (exact) mass is 323 g/mol. The first-order valence-corrected chi connectivity index (χ1v) is 8.14. The number of rotatable bonds is 4. The number of aliphatic hydroxyl groups excluding tert-OH is 1. The molecule has 5 heteroatoms. The molecule has 128 valence electrons. The molecule has 2 atom stereocenters. The van der Waals surface area contributed by atoms with E-state index in [1.807, 2.05) is 26.8 Å². The summed E-state index contributed by atoms with van der Waals surface area (Å²) < 4.78 is 18.9. The van der Waals surface area contributed by atoms with Crippen molar-refractivity contribution in [1.29, 1.82) is 0 Å². The Kier molecular flexibility index (Phi) is 5.30. The van der Waals surface area contributed by atoms with E-state index in [1.165, 1.54) is 12.1 Å². The molecule has 1 aromatic rings. The predicted octanol–water partition coefficient (Wildman–Crippen LogP) is 3.57. The van der Waals surface area contributed by atoms with Gasteiger partial charge in [-0.3, -0.25) is 0 Å². The molecule has 2 rings (SSSR count). The third kappa shape index (κ3) is 4.93. The van der Waals surface area contributed by atoms with E-state index in [9.17, 15) is 14.3 Å². The zero-order valence-electron chi connectivity index (χ0n) is 14.1. The third-order valence-electron chi connectivity index (χ3n) is 4.18. The molecule has 0 aliphatic heterocycles. The Morgan fingerprint density at radius 3 is 2.78 bits per heavy atom. The first-order chi connectivity index (χ1) is 10.7. The van der Waals surface area contributed by atoms with Crippen molar-refractivity contribution in [2.45, 2.75) is 70.1 Å². The number of nitrogens with one attached hydrogen (secondary N) is 1. The molecule has 23 heavy (non-hydrogen) atoms. The summed E-state index contributed by atoms with van der Waals surface area (Å²) in [5.74, 6) is -0.282. The number of ether oxygens (including phenoxy) is 1. The molecule has 4 nitrogen and oxygen atoms in total. The lowest BCUT2D eigenvalue weighted by molar-refractivity contribution is -0.0689.